The Morgan fingerprint density at radius 1 is 0.900 bits per heavy atom. The number of aliphatic hydroxyl groups excluding tert-OH is 2. The van der Waals surface area contributed by atoms with E-state index in [1.165, 1.54) is 45.2 Å². The number of hydrogen-bond acceptors (Lipinski definition) is 3. The zero-order valence-corrected chi connectivity index (χ0v) is 19.4. The number of rotatable bonds is 0. The first-order chi connectivity index (χ1) is 14.4. The van der Waals surface area contributed by atoms with E-state index < -0.39 is 0 Å². The van der Waals surface area contributed by atoms with Crippen molar-refractivity contribution >= 4 is 0 Å². The van der Waals surface area contributed by atoms with E-state index in [-0.39, 0.29) is 23.5 Å². The van der Waals surface area contributed by atoms with Crippen LogP contribution in [0.4, 0.5) is 0 Å². The fourth-order valence-corrected chi connectivity index (χ4v) is 9.80. The smallest absolute Gasteiger partial charge is 0.0614 e. The van der Waals surface area contributed by atoms with Crippen LogP contribution in [0.1, 0.15) is 78.6 Å². The first-order valence-corrected chi connectivity index (χ1v) is 13.2. The Hall–Kier alpha value is -0.380. The summed E-state index contributed by atoms with van der Waals surface area (Å²) in [7, 11) is 0. The molecule has 3 heteroatoms. The molecule has 0 aromatic rings. The lowest BCUT2D eigenvalue weighted by atomic mass is 9.56. The Labute approximate surface area is 183 Å². The molecule has 168 valence electrons. The van der Waals surface area contributed by atoms with Gasteiger partial charge in [0.25, 0.3) is 0 Å². The van der Waals surface area contributed by atoms with E-state index in [4.69, 9.17) is 0 Å². The third kappa shape index (κ3) is 2.80. The van der Waals surface area contributed by atoms with Gasteiger partial charge < -0.3 is 10.2 Å². The number of aliphatic hydroxyl groups is 2. The Bertz CT molecular complexity index is 730. The molecule has 4 aliphatic carbocycles. The third-order valence-electron chi connectivity index (χ3n) is 11.3. The second-order valence-electron chi connectivity index (χ2n) is 12.7. The van der Waals surface area contributed by atoms with Gasteiger partial charge >= 0.3 is 0 Å². The van der Waals surface area contributed by atoms with E-state index in [9.17, 15) is 10.2 Å². The van der Waals surface area contributed by atoms with Crippen molar-refractivity contribution in [2.75, 3.05) is 13.1 Å². The predicted molar refractivity (Wildman–Crippen MR) is 120 cm³/mol. The minimum Gasteiger partial charge on any atom is -0.393 e. The minimum absolute atomic E-state index is 0.140. The van der Waals surface area contributed by atoms with E-state index in [2.05, 4.69) is 25.7 Å². The molecule has 6 rings (SSSR count). The third-order valence-corrected chi connectivity index (χ3v) is 11.3. The van der Waals surface area contributed by atoms with E-state index in [1.807, 2.05) is 0 Å². The SMILES string of the molecule is C[C@@H]1CC[C@H]2[C@H](C)[C@H]3CC[C@H]4C5=C(C[C@H]4[C@@H]3CN2C1)[C@@]1(C)CC[C@@H](O)C[C@@H]1[C@H](O)C5. The maximum atomic E-state index is 11.1. The number of piperidine rings is 2. The second-order valence-corrected chi connectivity index (χ2v) is 12.7. The van der Waals surface area contributed by atoms with Gasteiger partial charge in [-0.1, -0.05) is 31.9 Å². The van der Waals surface area contributed by atoms with Gasteiger partial charge in [0, 0.05) is 19.1 Å². The average molecular weight is 414 g/mol. The molecular weight excluding hydrogens is 370 g/mol. The largest absolute Gasteiger partial charge is 0.393 e. The lowest BCUT2D eigenvalue weighted by molar-refractivity contribution is -0.0670. The van der Waals surface area contributed by atoms with Crippen molar-refractivity contribution in [2.24, 2.45) is 46.8 Å². The van der Waals surface area contributed by atoms with Gasteiger partial charge in [-0.3, -0.25) is 4.90 Å². The van der Waals surface area contributed by atoms with Crippen LogP contribution in [0.2, 0.25) is 0 Å². The van der Waals surface area contributed by atoms with Crippen LogP contribution in [-0.2, 0) is 0 Å². The summed E-state index contributed by atoms with van der Waals surface area (Å²) in [6.45, 7) is 10.1. The number of fused-ring (bicyclic) bond motifs is 7. The van der Waals surface area contributed by atoms with Crippen LogP contribution < -0.4 is 0 Å². The summed E-state index contributed by atoms with van der Waals surface area (Å²) < 4.78 is 0. The number of hydrogen-bond donors (Lipinski definition) is 2. The van der Waals surface area contributed by atoms with Gasteiger partial charge in [-0.2, -0.15) is 0 Å². The Balaban J connectivity index is 1.30. The van der Waals surface area contributed by atoms with Gasteiger partial charge in [-0.15, -0.1) is 0 Å². The Kier molecular flexibility index (Phi) is 4.76. The van der Waals surface area contributed by atoms with Crippen LogP contribution in [0.25, 0.3) is 0 Å². The molecule has 0 bridgehead atoms. The summed E-state index contributed by atoms with van der Waals surface area (Å²) in [6.07, 6.45) is 10.2. The molecule has 0 aromatic carbocycles. The van der Waals surface area contributed by atoms with Crippen LogP contribution >= 0.6 is 0 Å². The van der Waals surface area contributed by atoms with Gasteiger partial charge in [0.1, 0.15) is 0 Å². The van der Waals surface area contributed by atoms with E-state index in [0.717, 1.165) is 67.2 Å². The van der Waals surface area contributed by atoms with E-state index >= 15 is 0 Å². The quantitative estimate of drug-likeness (QED) is 0.569. The van der Waals surface area contributed by atoms with Crippen LogP contribution in [0, 0.1) is 46.8 Å². The molecule has 0 radical (unpaired) electrons. The predicted octanol–water partition coefficient (Wildman–Crippen LogP) is 4.63. The normalized spacial score (nSPS) is 55.9. The van der Waals surface area contributed by atoms with Crippen LogP contribution in [0.3, 0.4) is 0 Å². The average Bonchev–Trinajstić information content (AvgIpc) is 3.09. The number of allylic oxidation sites excluding steroid dienone is 1. The van der Waals surface area contributed by atoms with Crippen molar-refractivity contribution in [1.82, 2.24) is 4.90 Å². The molecule has 0 unspecified atom stereocenters. The van der Waals surface area contributed by atoms with Gasteiger partial charge in [0.05, 0.1) is 12.2 Å². The number of nitrogens with zero attached hydrogens (tertiary/aromatic N) is 1. The van der Waals surface area contributed by atoms with Crippen molar-refractivity contribution in [2.45, 2.75) is 96.8 Å². The van der Waals surface area contributed by atoms with Gasteiger partial charge in [-0.05, 0) is 105 Å². The summed E-state index contributed by atoms with van der Waals surface area (Å²) >= 11 is 0. The molecule has 2 heterocycles. The molecule has 2 saturated heterocycles. The topological polar surface area (TPSA) is 43.7 Å². The van der Waals surface area contributed by atoms with Crippen molar-refractivity contribution in [3.05, 3.63) is 11.1 Å². The van der Waals surface area contributed by atoms with Gasteiger partial charge in [0.2, 0.25) is 0 Å². The molecule has 11 atom stereocenters. The molecule has 0 amide bonds. The monoisotopic (exact) mass is 413 g/mol. The lowest BCUT2D eigenvalue weighted by Gasteiger charge is -2.56. The van der Waals surface area contributed by atoms with Crippen molar-refractivity contribution in [1.29, 1.82) is 0 Å². The van der Waals surface area contributed by atoms with Crippen molar-refractivity contribution < 1.29 is 10.2 Å². The molecule has 6 aliphatic rings. The minimum atomic E-state index is -0.238. The molecular formula is C27H43NO2. The molecule has 2 saturated carbocycles. The summed E-state index contributed by atoms with van der Waals surface area (Å²) in [4.78, 5) is 2.90. The van der Waals surface area contributed by atoms with Crippen molar-refractivity contribution in [3.63, 3.8) is 0 Å². The highest BCUT2D eigenvalue weighted by atomic mass is 16.3. The summed E-state index contributed by atoms with van der Waals surface area (Å²) in [5.41, 5.74) is 3.58. The Morgan fingerprint density at radius 2 is 1.73 bits per heavy atom. The molecule has 2 aliphatic heterocycles. The van der Waals surface area contributed by atoms with Gasteiger partial charge in [-0.25, -0.2) is 0 Å². The van der Waals surface area contributed by atoms with E-state index in [0.29, 0.717) is 0 Å². The van der Waals surface area contributed by atoms with Crippen LogP contribution in [0.5, 0.6) is 0 Å². The second kappa shape index (κ2) is 7.06. The van der Waals surface area contributed by atoms with Crippen LogP contribution in [0.15, 0.2) is 11.1 Å². The van der Waals surface area contributed by atoms with Crippen molar-refractivity contribution in [3.8, 4) is 0 Å². The summed E-state index contributed by atoms with van der Waals surface area (Å²) in [5.74, 6) is 5.34. The standard InChI is InChI=1S/C27H43NO2/c1-15-4-7-25-16(2)18-5-6-19-20(22(18)14-28(25)13-15)11-23-21(19)12-26(30)24-10-17(29)8-9-27(23,24)3/h15-20,22,24-26,29-30H,4-14H2,1-3H3/t15-,16-,17-,18-,19-,20-,22-,24-,25+,26-,27-/m1/s1. The molecule has 2 N–H and O–H groups in total. The first-order valence-electron chi connectivity index (χ1n) is 13.2. The fraction of sp³-hybridized carbons (Fsp3) is 0.926. The zero-order chi connectivity index (χ0) is 20.8. The van der Waals surface area contributed by atoms with Gasteiger partial charge in [0.15, 0.2) is 0 Å². The maximum absolute atomic E-state index is 11.1. The highest BCUT2D eigenvalue weighted by Gasteiger charge is 2.57. The first kappa shape index (κ1) is 20.2. The molecule has 0 aromatic heterocycles. The summed E-state index contributed by atoms with van der Waals surface area (Å²) in [6, 6.07) is 0.839. The zero-order valence-electron chi connectivity index (χ0n) is 19.4. The highest BCUT2D eigenvalue weighted by molar-refractivity contribution is 5.36. The van der Waals surface area contributed by atoms with Crippen LogP contribution in [-0.4, -0.2) is 46.5 Å². The fourth-order valence-electron chi connectivity index (χ4n) is 9.80. The highest BCUT2D eigenvalue weighted by Crippen LogP contribution is 2.64. The molecule has 4 fully saturated rings. The molecule has 30 heavy (non-hydrogen) atoms. The molecule has 0 spiro atoms. The maximum Gasteiger partial charge on any atom is 0.0614 e. The van der Waals surface area contributed by atoms with E-state index in [1.54, 1.807) is 11.1 Å². The lowest BCUT2D eigenvalue weighted by Crippen LogP contribution is -2.58. The molecule has 3 nitrogen and oxygen atoms in total. The summed E-state index contributed by atoms with van der Waals surface area (Å²) in [5, 5.41) is 21.4. The Morgan fingerprint density at radius 3 is 2.57 bits per heavy atom.